The molecule has 0 saturated carbocycles. The molecule has 0 atom stereocenters. The molecule has 0 unspecified atom stereocenters. The van der Waals surface area contributed by atoms with E-state index in [0.29, 0.717) is 6.54 Å². The van der Waals surface area contributed by atoms with Gasteiger partial charge in [-0.15, -0.1) is 11.3 Å². The molecule has 0 spiro atoms. The minimum Gasteiger partial charge on any atom is -0.357 e. The van der Waals surface area contributed by atoms with E-state index in [9.17, 15) is 0 Å². The second-order valence-electron chi connectivity index (χ2n) is 6.81. The standard InChI is InChI=1S/C23H25N5S/c1-2-24-23(26-15-20-6-5-13-29-20)25-14-18-9-11-19(12-10-18)16-28-17-27-21-7-3-4-8-22(21)28/h3-13,17H,2,14-16H2,1H3,(H2,24,25,26). The fraction of sp³-hybridized carbons (Fsp3) is 0.217. The van der Waals surface area contributed by atoms with Gasteiger partial charge in [-0.2, -0.15) is 0 Å². The van der Waals surface area contributed by atoms with Crippen LogP contribution in [0.1, 0.15) is 22.9 Å². The van der Waals surface area contributed by atoms with Gasteiger partial charge in [-0.1, -0.05) is 42.5 Å². The molecule has 2 aromatic carbocycles. The number of imidazole rings is 1. The largest absolute Gasteiger partial charge is 0.357 e. The molecule has 2 aromatic heterocycles. The van der Waals surface area contributed by atoms with Gasteiger partial charge in [0.25, 0.3) is 0 Å². The maximum absolute atomic E-state index is 4.71. The Bertz CT molecular complexity index is 1060. The van der Waals surface area contributed by atoms with Crippen LogP contribution in [0.2, 0.25) is 0 Å². The number of nitrogens with one attached hydrogen (secondary N) is 2. The van der Waals surface area contributed by atoms with Crippen LogP contribution in [0.15, 0.2) is 77.4 Å². The van der Waals surface area contributed by atoms with Crippen LogP contribution in [0.5, 0.6) is 0 Å². The number of thiophene rings is 1. The molecule has 0 fully saturated rings. The van der Waals surface area contributed by atoms with Crippen LogP contribution in [0.25, 0.3) is 11.0 Å². The molecular weight excluding hydrogens is 378 g/mol. The summed E-state index contributed by atoms with van der Waals surface area (Å²) in [6.07, 6.45) is 1.91. The Hall–Kier alpha value is -3.12. The van der Waals surface area contributed by atoms with Crippen molar-refractivity contribution in [3.05, 3.63) is 88.4 Å². The Balaban J connectivity index is 1.38. The molecule has 2 heterocycles. The van der Waals surface area contributed by atoms with E-state index in [4.69, 9.17) is 4.99 Å². The topological polar surface area (TPSA) is 54.2 Å². The van der Waals surface area contributed by atoms with Crippen molar-refractivity contribution in [2.24, 2.45) is 4.99 Å². The Morgan fingerprint density at radius 3 is 2.62 bits per heavy atom. The average molecular weight is 404 g/mol. The first-order valence-electron chi connectivity index (χ1n) is 9.84. The van der Waals surface area contributed by atoms with Gasteiger partial charge in [0.05, 0.1) is 30.5 Å². The molecular formula is C23H25N5S. The number of nitrogens with zero attached hydrogens (tertiary/aromatic N) is 3. The molecule has 2 N–H and O–H groups in total. The van der Waals surface area contributed by atoms with Gasteiger partial charge in [0, 0.05) is 18.0 Å². The molecule has 29 heavy (non-hydrogen) atoms. The zero-order valence-corrected chi connectivity index (χ0v) is 17.3. The van der Waals surface area contributed by atoms with Gasteiger partial charge in [-0.05, 0) is 41.6 Å². The highest BCUT2D eigenvalue weighted by Gasteiger charge is 2.03. The Morgan fingerprint density at radius 2 is 1.83 bits per heavy atom. The Morgan fingerprint density at radius 1 is 1.00 bits per heavy atom. The molecule has 148 valence electrons. The lowest BCUT2D eigenvalue weighted by molar-refractivity contribution is 0.818. The molecule has 0 bridgehead atoms. The SMILES string of the molecule is CCNC(=NCc1ccc(Cn2cnc3ccccc32)cc1)NCc1cccs1. The molecule has 5 nitrogen and oxygen atoms in total. The smallest absolute Gasteiger partial charge is 0.191 e. The van der Waals surface area contributed by atoms with Gasteiger partial charge in [0.15, 0.2) is 5.96 Å². The summed E-state index contributed by atoms with van der Waals surface area (Å²) in [6, 6.07) is 21.1. The number of benzene rings is 2. The van der Waals surface area contributed by atoms with E-state index >= 15 is 0 Å². The predicted molar refractivity (Wildman–Crippen MR) is 121 cm³/mol. The van der Waals surface area contributed by atoms with Crippen LogP contribution >= 0.6 is 11.3 Å². The van der Waals surface area contributed by atoms with E-state index in [-0.39, 0.29) is 0 Å². The zero-order chi connectivity index (χ0) is 19.9. The molecule has 6 heteroatoms. The number of fused-ring (bicyclic) bond motifs is 1. The average Bonchev–Trinajstić information content (AvgIpc) is 3.42. The third-order valence-corrected chi connectivity index (χ3v) is 5.55. The van der Waals surface area contributed by atoms with E-state index in [1.807, 2.05) is 18.5 Å². The molecule has 0 aliphatic heterocycles. The lowest BCUT2D eigenvalue weighted by Crippen LogP contribution is -2.36. The first-order valence-corrected chi connectivity index (χ1v) is 10.7. The molecule has 0 aliphatic rings. The van der Waals surface area contributed by atoms with Gasteiger partial charge in [-0.3, -0.25) is 0 Å². The molecule has 4 aromatic rings. The fourth-order valence-corrected chi connectivity index (χ4v) is 3.82. The van der Waals surface area contributed by atoms with Crippen molar-refractivity contribution in [3.8, 4) is 0 Å². The minimum absolute atomic E-state index is 0.647. The van der Waals surface area contributed by atoms with E-state index in [1.165, 1.54) is 16.0 Å². The van der Waals surface area contributed by atoms with Gasteiger partial charge in [0.1, 0.15) is 0 Å². The van der Waals surface area contributed by atoms with Gasteiger partial charge in [-0.25, -0.2) is 9.98 Å². The summed E-state index contributed by atoms with van der Waals surface area (Å²) in [7, 11) is 0. The maximum atomic E-state index is 4.71. The molecule has 0 radical (unpaired) electrons. The third-order valence-electron chi connectivity index (χ3n) is 4.68. The normalized spacial score (nSPS) is 11.7. The van der Waals surface area contributed by atoms with Crippen molar-refractivity contribution >= 4 is 28.3 Å². The van der Waals surface area contributed by atoms with Crippen LogP contribution in [0, 0.1) is 0 Å². The first kappa shape index (κ1) is 19.2. The highest BCUT2D eigenvalue weighted by atomic mass is 32.1. The molecule has 0 saturated heterocycles. The van der Waals surface area contributed by atoms with Gasteiger partial charge in [0.2, 0.25) is 0 Å². The second-order valence-corrected chi connectivity index (χ2v) is 7.84. The van der Waals surface area contributed by atoms with Crippen LogP contribution in [0.4, 0.5) is 0 Å². The third kappa shape index (κ3) is 5.03. The van der Waals surface area contributed by atoms with Crippen LogP contribution < -0.4 is 10.6 Å². The highest BCUT2D eigenvalue weighted by Crippen LogP contribution is 2.15. The number of rotatable bonds is 7. The summed E-state index contributed by atoms with van der Waals surface area (Å²) >= 11 is 1.75. The van der Waals surface area contributed by atoms with Gasteiger partial charge >= 0.3 is 0 Å². The lowest BCUT2D eigenvalue weighted by atomic mass is 10.1. The maximum Gasteiger partial charge on any atom is 0.191 e. The summed E-state index contributed by atoms with van der Waals surface area (Å²) in [4.78, 5) is 10.5. The van der Waals surface area contributed by atoms with Crippen molar-refractivity contribution in [3.63, 3.8) is 0 Å². The highest BCUT2D eigenvalue weighted by molar-refractivity contribution is 7.09. The van der Waals surface area contributed by atoms with E-state index in [0.717, 1.165) is 36.6 Å². The minimum atomic E-state index is 0.647. The summed E-state index contributed by atoms with van der Waals surface area (Å²) in [5.74, 6) is 0.842. The van der Waals surface area contributed by atoms with E-state index in [1.54, 1.807) is 11.3 Å². The first-order chi connectivity index (χ1) is 14.3. The summed E-state index contributed by atoms with van der Waals surface area (Å²) in [5, 5.41) is 8.79. The summed E-state index contributed by atoms with van der Waals surface area (Å²) < 4.78 is 2.18. The predicted octanol–water partition coefficient (Wildman–Crippen LogP) is 4.40. The van der Waals surface area contributed by atoms with Crippen molar-refractivity contribution < 1.29 is 0 Å². The van der Waals surface area contributed by atoms with Crippen LogP contribution in [-0.4, -0.2) is 22.1 Å². The molecule has 0 aliphatic carbocycles. The quantitative estimate of drug-likeness (QED) is 0.355. The number of aliphatic imine (C=N–C) groups is 1. The monoisotopic (exact) mass is 403 g/mol. The fourth-order valence-electron chi connectivity index (χ4n) is 3.18. The van der Waals surface area contributed by atoms with E-state index in [2.05, 4.69) is 81.0 Å². The van der Waals surface area contributed by atoms with Crippen molar-refractivity contribution in [1.82, 2.24) is 20.2 Å². The summed E-state index contributed by atoms with van der Waals surface area (Å²) in [6.45, 7) is 5.18. The Labute approximate surface area is 175 Å². The number of guanidine groups is 1. The molecule has 4 rings (SSSR count). The van der Waals surface area contributed by atoms with Crippen molar-refractivity contribution in [2.75, 3.05) is 6.54 Å². The zero-order valence-electron chi connectivity index (χ0n) is 16.5. The van der Waals surface area contributed by atoms with Crippen LogP contribution in [-0.2, 0) is 19.6 Å². The summed E-state index contributed by atoms with van der Waals surface area (Å²) in [5.41, 5.74) is 4.64. The number of hydrogen-bond donors (Lipinski definition) is 2. The lowest BCUT2D eigenvalue weighted by Gasteiger charge is -2.10. The van der Waals surface area contributed by atoms with Crippen molar-refractivity contribution in [2.45, 2.75) is 26.6 Å². The number of aromatic nitrogens is 2. The second kappa shape index (κ2) is 9.39. The molecule has 0 amide bonds. The van der Waals surface area contributed by atoms with Crippen molar-refractivity contribution in [1.29, 1.82) is 0 Å². The Kier molecular flexibility index (Phi) is 6.22. The van der Waals surface area contributed by atoms with E-state index < -0.39 is 0 Å². The van der Waals surface area contributed by atoms with Crippen LogP contribution in [0.3, 0.4) is 0 Å². The van der Waals surface area contributed by atoms with Gasteiger partial charge < -0.3 is 15.2 Å². The number of hydrogen-bond acceptors (Lipinski definition) is 3. The number of para-hydroxylation sites is 2.